The second-order valence-corrected chi connectivity index (χ2v) is 6.01. The summed E-state index contributed by atoms with van der Waals surface area (Å²) in [6, 6.07) is 5.11. The van der Waals surface area contributed by atoms with Crippen molar-refractivity contribution in [2.45, 2.75) is 31.9 Å². The van der Waals surface area contributed by atoms with Crippen LogP contribution in [0.2, 0.25) is 0 Å². The first kappa shape index (κ1) is 16.4. The fourth-order valence-electron chi connectivity index (χ4n) is 1.93. The van der Waals surface area contributed by atoms with E-state index in [1.807, 2.05) is 13.8 Å². The van der Waals surface area contributed by atoms with E-state index in [1.54, 1.807) is 18.2 Å². The van der Waals surface area contributed by atoms with Gasteiger partial charge in [-0.05, 0) is 25.5 Å². The molecule has 1 aromatic heterocycles. The van der Waals surface area contributed by atoms with E-state index in [2.05, 4.69) is 20.9 Å². The van der Waals surface area contributed by atoms with Gasteiger partial charge in [0.25, 0.3) is 0 Å². The van der Waals surface area contributed by atoms with Gasteiger partial charge in [-0.2, -0.15) is 13.2 Å². The molecule has 2 nitrogen and oxygen atoms in total. The van der Waals surface area contributed by atoms with E-state index < -0.39 is 11.9 Å². The van der Waals surface area contributed by atoms with Crippen molar-refractivity contribution in [1.82, 2.24) is 9.55 Å². The number of benzene rings is 1. The summed E-state index contributed by atoms with van der Waals surface area (Å²) in [5, 5.41) is 0. The van der Waals surface area contributed by atoms with Crippen LogP contribution < -0.4 is 0 Å². The van der Waals surface area contributed by atoms with Gasteiger partial charge in [-0.1, -0.05) is 28.1 Å². The topological polar surface area (TPSA) is 17.8 Å². The lowest BCUT2D eigenvalue weighted by Crippen LogP contribution is -2.05. The van der Waals surface area contributed by atoms with E-state index in [-0.39, 0.29) is 6.04 Å². The molecule has 0 aliphatic carbocycles. The molecule has 0 aliphatic rings. The highest BCUT2D eigenvalue weighted by Crippen LogP contribution is 2.33. The predicted molar refractivity (Wildman–Crippen MR) is 80.3 cm³/mol. The molecule has 0 radical (unpaired) electrons. The summed E-state index contributed by atoms with van der Waals surface area (Å²) in [5.41, 5.74) is 0.600. The van der Waals surface area contributed by atoms with Crippen LogP contribution in [-0.2, 0) is 12.1 Å². The van der Waals surface area contributed by atoms with Gasteiger partial charge in [0, 0.05) is 28.2 Å². The van der Waals surface area contributed by atoms with E-state index in [1.165, 1.54) is 4.57 Å². The minimum absolute atomic E-state index is 0.130. The van der Waals surface area contributed by atoms with Crippen molar-refractivity contribution in [3.05, 3.63) is 40.1 Å². The molecule has 0 aliphatic heterocycles. The Bertz CT molecular complexity index is 650. The second-order valence-electron chi connectivity index (χ2n) is 4.89. The van der Waals surface area contributed by atoms with Gasteiger partial charge >= 0.3 is 6.18 Å². The molecule has 2 aromatic rings. The lowest BCUT2D eigenvalue weighted by Gasteiger charge is -2.12. The maximum absolute atomic E-state index is 12.9. The van der Waals surface area contributed by atoms with E-state index in [0.717, 1.165) is 16.2 Å². The number of alkyl halides is 4. The molecule has 0 N–H and O–H groups in total. The summed E-state index contributed by atoms with van der Waals surface area (Å²) < 4.78 is 40.8. The van der Waals surface area contributed by atoms with Gasteiger partial charge in [-0.15, -0.1) is 11.6 Å². The highest BCUT2D eigenvalue weighted by molar-refractivity contribution is 9.10. The van der Waals surface area contributed by atoms with Crippen LogP contribution in [-0.4, -0.2) is 9.55 Å². The first-order valence-electron chi connectivity index (χ1n) is 6.25. The number of imidazole rings is 1. The smallest absolute Gasteiger partial charge is 0.328 e. The van der Waals surface area contributed by atoms with Crippen LogP contribution in [0.4, 0.5) is 13.2 Å². The van der Waals surface area contributed by atoms with E-state index in [0.29, 0.717) is 17.3 Å². The molecule has 0 fully saturated rings. The first-order chi connectivity index (χ1) is 9.74. The molecule has 0 amide bonds. The molecule has 1 heterocycles. The monoisotopic (exact) mass is 380 g/mol. The molecule has 0 saturated carbocycles. The zero-order valence-electron chi connectivity index (χ0n) is 11.4. The van der Waals surface area contributed by atoms with Crippen molar-refractivity contribution in [3.8, 4) is 11.4 Å². The molecule has 0 atom stereocenters. The summed E-state index contributed by atoms with van der Waals surface area (Å²) in [6.07, 6.45) is -3.41. The molecule has 114 valence electrons. The molecular formula is C14H13BrClF3N2. The Kier molecular flexibility index (Phi) is 4.68. The zero-order chi connectivity index (χ0) is 15.8. The zero-order valence-corrected chi connectivity index (χ0v) is 13.7. The van der Waals surface area contributed by atoms with Gasteiger partial charge in [0.15, 0.2) is 5.69 Å². The largest absolute Gasteiger partial charge is 0.434 e. The number of rotatable bonds is 3. The molecule has 21 heavy (non-hydrogen) atoms. The number of hydrogen-bond acceptors (Lipinski definition) is 1. The molecule has 0 spiro atoms. The third-order valence-electron chi connectivity index (χ3n) is 3.03. The van der Waals surface area contributed by atoms with Crippen molar-refractivity contribution in [3.63, 3.8) is 0 Å². The fourth-order valence-corrected chi connectivity index (χ4v) is 2.85. The number of halogens is 5. The predicted octanol–water partition coefficient (Wildman–Crippen LogP) is 5.65. The number of aromatic nitrogens is 2. The van der Waals surface area contributed by atoms with Gasteiger partial charge in [0.1, 0.15) is 5.82 Å². The highest BCUT2D eigenvalue weighted by atomic mass is 79.9. The second kappa shape index (κ2) is 6.01. The minimum Gasteiger partial charge on any atom is -0.328 e. The Morgan fingerprint density at radius 3 is 2.48 bits per heavy atom. The normalized spacial score (nSPS) is 12.2. The van der Waals surface area contributed by atoms with Crippen LogP contribution in [0, 0.1) is 0 Å². The maximum Gasteiger partial charge on any atom is 0.434 e. The number of nitrogens with zero attached hydrogens (tertiary/aromatic N) is 2. The van der Waals surface area contributed by atoms with Gasteiger partial charge in [0.2, 0.25) is 0 Å². The summed E-state index contributed by atoms with van der Waals surface area (Å²) in [6.45, 7) is 3.63. The van der Waals surface area contributed by atoms with Gasteiger partial charge in [-0.25, -0.2) is 4.98 Å². The van der Waals surface area contributed by atoms with E-state index >= 15 is 0 Å². The third-order valence-corrected chi connectivity index (χ3v) is 4.06. The lowest BCUT2D eigenvalue weighted by molar-refractivity contribution is -0.140. The lowest BCUT2D eigenvalue weighted by atomic mass is 10.1. The summed E-state index contributed by atoms with van der Waals surface area (Å²) in [5.74, 6) is 0.618. The van der Waals surface area contributed by atoms with Gasteiger partial charge in [-0.3, -0.25) is 0 Å². The van der Waals surface area contributed by atoms with Crippen LogP contribution in [0.1, 0.15) is 31.1 Å². The minimum atomic E-state index is -4.46. The van der Waals surface area contributed by atoms with Crippen molar-refractivity contribution in [2.75, 3.05) is 0 Å². The standard InChI is InChI=1S/C14H13BrClF3N2/c1-8(2)21-7-12(14(17,18)19)20-13(21)9-3-4-10(6-16)11(15)5-9/h3-5,7-8H,6H2,1-2H3. The van der Waals surface area contributed by atoms with Crippen molar-refractivity contribution in [1.29, 1.82) is 0 Å². The van der Waals surface area contributed by atoms with Crippen LogP contribution in [0.5, 0.6) is 0 Å². The van der Waals surface area contributed by atoms with Crippen LogP contribution >= 0.6 is 27.5 Å². The highest BCUT2D eigenvalue weighted by Gasteiger charge is 2.35. The Morgan fingerprint density at radius 1 is 1.33 bits per heavy atom. The maximum atomic E-state index is 12.9. The van der Waals surface area contributed by atoms with Crippen LogP contribution in [0.25, 0.3) is 11.4 Å². The Balaban J connectivity index is 2.57. The van der Waals surface area contributed by atoms with E-state index in [4.69, 9.17) is 11.6 Å². The van der Waals surface area contributed by atoms with Gasteiger partial charge < -0.3 is 4.57 Å². The molecule has 2 rings (SSSR count). The molecule has 7 heteroatoms. The van der Waals surface area contributed by atoms with Gasteiger partial charge in [0.05, 0.1) is 0 Å². The summed E-state index contributed by atoms with van der Waals surface area (Å²) >= 11 is 9.15. The average molecular weight is 382 g/mol. The van der Waals surface area contributed by atoms with Crippen molar-refractivity contribution >= 4 is 27.5 Å². The van der Waals surface area contributed by atoms with Crippen LogP contribution in [0.15, 0.2) is 28.9 Å². The Morgan fingerprint density at radius 2 is 2.00 bits per heavy atom. The third kappa shape index (κ3) is 3.43. The SMILES string of the molecule is CC(C)n1cc(C(F)(F)F)nc1-c1ccc(CCl)c(Br)c1. The van der Waals surface area contributed by atoms with Crippen LogP contribution in [0.3, 0.4) is 0 Å². The van der Waals surface area contributed by atoms with E-state index in [9.17, 15) is 13.2 Å². The molecular weight excluding hydrogens is 369 g/mol. The Hall–Kier alpha value is -1.01. The summed E-state index contributed by atoms with van der Waals surface area (Å²) in [7, 11) is 0. The quantitative estimate of drug-likeness (QED) is 0.628. The molecule has 0 unspecified atom stereocenters. The van der Waals surface area contributed by atoms with Crippen molar-refractivity contribution < 1.29 is 13.2 Å². The molecule has 1 aromatic carbocycles. The average Bonchev–Trinajstić information content (AvgIpc) is 2.83. The number of hydrogen-bond donors (Lipinski definition) is 0. The fraction of sp³-hybridized carbons (Fsp3) is 0.357. The van der Waals surface area contributed by atoms with Crippen molar-refractivity contribution in [2.24, 2.45) is 0 Å². The molecule has 0 bridgehead atoms. The first-order valence-corrected chi connectivity index (χ1v) is 7.57. The Labute approximate surface area is 134 Å². The molecule has 0 saturated heterocycles. The summed E-state index contributed by atoms with van der Waals surface area (Å²) in [4.78, 5) is 3.75.